The molecule has 1 unspecified atom stereocenters. The average molecular weight is 287 g/mol. The van der Waals surface area contributed by atoms with Gasteiger partial charge in [-0.15, -0.1) is 12.4 Å². The number of carbonyl (C=O) groups excluding carboxylic acids is 1. The fourth-order valence-corrected chi connectivity index (χ4v) is 2.54. The lowest BCUT2D eigenvalue weighted by Crippen LogP contribution is -2.54. The maximum atomic E-state index is 12.4. The Labute approximate surface area is 120 Å². The summed E-state index contributed by atoms with van der Waals surface area (Å²) in [7, 11) is 0. The van der Waals surface area contributed by atoms with Crippen LogP contribution >= 0.6 is 12.4 Å². The van der Waals surface area contributed by atoms with Crippen molar-refractivity contribution in [2.45, 2.75) is 40.2 Å². The summed E-state index contributed by atoms with van der Waals surface area (Å²) in [4.78, 5) is 14.3. The first-order valence-electron chi connectivity index (χ1n) is 6.43. The maximum absolute atomic E-state index is 12.4. The summed E-state index contributed by atoms with van der Waals surface area (Å²) >= 11 is 0. The highest BCUT2D eigenvalue weighted by atomic mass is 35.5. The number of carbonyl (C=O) groups is 1. The molecule has 0 saturated carbocycles. The van der Waals surface area contributed by atoms with Gasteiger partial charge in [-0.1, -0.05) is 13.8 Å². The van der Waals surface area contributed by atoms with Gasteiger partial charge >= 0.3 is 0 Å². The number of halogens is 1. The number of nitrogens with two attached hydrogens (primary N) is 1. The SMILES string of the molecule is Cc1cc(C)c(C(=O)N2CCC(N)C(C)(C)C2)o1.Cl. The molecule has 1 fully saturated rings. The van der Waals surface area contributed by atoms with Crippen LogP contribution in [0.4, 0.5) is 0 Å². The Morgan fingerprint density at radius 2 is 2.11 bits per heavy atom. The minimum absolute atomic E-state index is 0. The largest absolute Gasteiger partial charge is 0.456 e. The molecule has 2 heterocycles. The van der Waals surface area contributed by atoms with Crippen molar-refractivity contribution in [1.82, 2.24) is 4.90 Å². The topological polar surface area (TPSA) is 59.5 Å². The van der Waals surface area contributed by atoms with Crippen LogP contribution in [0.25, 0.3) is 0 Å². The molecule has 1 amide bonds. The van der Waals surface area contributed by atoms with E-state index < -0.39 is 0 Å². The summed E-state index contributed by atoms with van der Waals surface area (Å²) in [6.45, 7) is 9.38. The molecular weight excluding hydrogens is 264 g/mol. The average Bonchev–Trinajstić information content (AvgIpc) is 2.60. The van der Waals surface area contributed by atoms with Crippen LogP contribution in [-0.4, -0.2) is 29.9 Å². The highest BCUT2D eigenvalue weighted by Gasteiger charge is 2.36. The quantitative estimate of drug-likeness (QED) is 0.863. The minimum atomic E-state index is -0.0382. The molecule has 0 aromatic carbocycles. The van der Waals surface area contributed by atoms with Crippen LogP contribution in [-0.2, 0) is 0 Å². The van der Waals surface area contributed by atoms with E-state index in [9.17, 15) is 4.79 Å². The van der Waals surface area contributed by atoms with E-state index in [1.165, 1.54) is 0 Å². The fraction of sp³-hybridized carbons (Fsp3) is 0.643. The molecule has 1 aliphatic rings. The molecule has 1 aromatic rings. The Balaban J connectivity index is 0.00000180. The molecule has 2 N–H and O–H groups in total. The van der Waals surface area contributed by atoms with Crippen molar-refractivity contribution < 1.29 is 9.21 Å². The van der Waals surface area contributed by atoms with Crippen LogP contribution in [0.2, 0.25) is 0 Å². The summed E-state index contributed by atoms with van der Waals surface area (Å²) < 4.78 is 5.50. The summed E-state index contributed by atoms with van der Waals surface area (Å²) in [5.41, 5.74) is 6.96. The molecule has 5 heteroatoms. The highest BCUT2D eigenvalue weighted by molar-refractivity contribution is 5.93. The molecule has 0 radical (unpaired) electrons. The van der Waals surface area contributed by atoms with Gasteiger partial charge in [-0.2, -0.15) is 0 Å². The van der Waals surface area contributed by atoms with Gasteiger partial charge in [-0.05, 0) is 31.7 Å². The third-order valence-corrected chi connectivity index (χ3v) is 3.83. The lowest BCUT2D eigenvalue weighted by atomic mass is 9.79. The Morgan fingerprint density at radius 1 is 1.47 bits per heavy atom. The normalized spacial score (nSPS) is 21.9. The monoisotopic (exact) mass is 286 g/mol. The first kappa shape index (κ1) is 16.1. The zero-order chi connectivity index (χ0) is 13.5. The summed E-state index contributed by atoms with van der Waals surface area (Å²) in [6, 6.07) is 2.05. The van der Waals surface area contributed by atoms with E-state index in [1.54, 1.807) is 0 Å². The number of piperidine rings is 1. The predicted octanol–water partition coefficient (Wildman–Crippen LogP) is 2.52. The summed E-state index contributed by atoms with van der Waals surface area (Å²) in [5, 5.41) is 0. The van der Waals surface area contributed by atoms with Gasteiger partial charge in [0.2, 0.25) is 0 Å². The number of aryl methyl sites for hydroxylation is 2. The summed E-state index contributed by atoms with van der Waals surface area (Å²) in [6.07, 6.45) is 0.845. The van der Waals surface area contributed by atoms with Gasteiger partial charge < -0.3 is 15.1 Å². The van der Waals surface area contributed by atoms with Crippen LogP contribution < -0.4 is 5.73 Å². The molecule has 4 nitrogen and oxygen atoms in total. The van der Waals surface area contributed by atoms with Crippen molar-refractivity contribution in [1.29, 1.82) is 0 Å². The van der Waals surface area contributed by atoms with Crippen LogP contribution in [0, 0.1) is 19.3 Å². The van der Waals surface area contributed by atoms with E-state index in [-0.39, 0.29) is 29.8 Å². The van der Waals surface area contributed by atoms with E-state index in [0.717, 1.165) is 17.7 Å². The Kier molecular flexibility index (Phi) is 4.69. The van der Waals surface area contributed by atoms with Gasteiger partial charge in [0.1, 0.15) is 5.76 Å². The standard InChI is InChI=1S/C14H22N2O2.ClH/c1-9-7-10(2)18-12(9)13(17)16-6-5-11(15)14(3,4)8-16;/h7,11H,5-6,8,15H2,1-4H3;1H. The third kappa shape index (κ3) is 3.12. The van der Waals surface area contributed by atoms with Crippen LogP contribution in [0.15, 0.2) is 10.5 Å². The van der Waals surface area contributed by atoms with Gasteiger partial charge in [0.25, 0.3) is 5.91 Å². The maximum Gasteiger partial charge on any atom is 0.289 e. The number of amides is 1. The van der Waals surface area contributed by atoms with Gasteiger partial charge in [0.05, 0.1) is 0 Å². The van der Waals surface area contributed by atoms with Crippen LogP contribution in [0.3, 0.4) is 0 Å². The molecule has 108 valence electrons. The first-order chi connectivity index (χ1) is 8.31. The zero-order valence-corrected chi connectivity index (χ0v) is 12.8. The second-order valence-corrected chi connectivity index (χ2v) is 5.98. The fourth-order valence-electron chi connectivity index (χ4n) is 2.54. The number of nitrogens with zero attached hydrogens (tertiary/aromatic N) is 1. The van der Waals surface area contributed by atoms with Gasteiger partial charge in [0, 0.05) is 24.7 Å². The van der Waals surface area contributed by atoms with Crippen molar-refractivity contribution in [3.8, 4) is 0 Å². The lowest BCUT2D eigenvalue weighted by molar-refractivity contribution is 0.0501. The minimum Gasteiger partial charge on any atom is -0.456 e. The smallest absolute Gasteiger partial charge is 0.289 e. The molecule has 1 aromatic heterocycles. The number of rotatable bonds is 1. The highest BCUT2D eigenvalue weighted by Crippen LogP contribution is 2.29. The number of hydrogen-bond donors (Lipinski definition) is 1. The molecule has 19 heavy (non-hydrogen) atoms. The summed E-state index contributed by atoms with van der Waals surface area (Å²) in [5.74, 6) is 1.24. The molecular formula is C14H23ClN2O2. The molecule has 0 aliphatic carbocycles. The Morgan fingerprint density at radius 3 is 2.58 bits per heavy atom. The van der Waals surface area contributed by atoms with E-state index in [1.807, 2.05) is 24.8 Å². The van der Waals surface area contributed by atoms with Crippen molar-refractivity contribution in [2.24, 2.45) is 11.1 Å². The van der Waals surface area contributed by atoms with Crippen LogP contribution in [0.5, 0.6) is 0 Å². The molecule has 0 bridgehead atoms. The molecule has 1 saturated heterocycles. The number of hydrogen-bond acceptors (Lipinski definition) is 3. The molecule has 1 atom stereocenters. The van der Waals surface area contributed by atoms with Crippen molar-refractivity contribution in [2.75, 3.05) is 13.1 Å². The van der Waals surface area contributed by atoms with Gasteiger partial charge in [-0.25, -0.2) is 0 Å². The van der Waals surface area contributed by atoms with Gasteiger partial charge in [0.15, 0.2) is 5.76 Å². The Hall–Kier alpha value is -1.00. The van der Waals surface area contributed by atoms with E-state index in [2.05, 4.69) is 13.8 Å². The second kappa shape index (κ2) is 5.55. The zero-order valence-electron chi connectivity index (χ0n) is 12.0. The van der Waals surface area contributed by atoms with Crippen molar-refractivity contribution in [3.63, 3.8) is 0 Å². The predicted molar refractivity (Wildman–Crippen MR) is 77.7 cm³/mol. The molecule has 1 aliphatic heterocycles. The number of furan rings is 1. The van der Waals surface area contributed by atoms with Crippen LogP contribution in [0.1, 0.15) is 42.1 Å². The first-order valence-corrected chi connectivity index (χ1v) is 6.43. The number of likely N-dealkylation sites (tertiary alicyclic amines) is 1. The Bertz CT molecular complexity index is 468. The molecule has 2 rings (SSSR count). The van der Waals surface area contributed by atoms with Crippen molar-refractivity contribution in [3.05, 3.63) is 23.2 Å². The van der Waals surface area contributed by atoms with E-state index in [4.69, 9.17) is 10.2 Å². The third-order valence-electron chi connectivity index (χ3n) is 3.83. The van der Waals surface area contributed by atoms with Gasteiger partial charge in [-0.3, -0.25) is 4.79 Å². The van der Waals surface area contributed by atoms with E-state index in [0.29, 0.717) is 18.8 Å². The molecule has 0 spiro atoms. The van der Waals surface area contributed by atoms with E-state index >= 15 is 0 Å². The lowest BCUT2D eigenvalue weighted by Gasteiger charge is -2.42. The van der Waals surface area contributed by atoms with Crippen molar-refractivity contribution >= 4 is 18.3 Å². The second-order valence-electron chi connectivity index (χ2n) is 5.98.